The molecule has 2 aromatic rings. The number of hydrogen-bond acceptors (Lipinski definition) is 2. The second-order valence-electron chi connectivity index (χ2n) is 6.83. The lowest BCUT2D eigenvalue weighted by Crippen LogP contribution is -2.26. The summed E-state index contributed by atoms with van der Waals surface area (Å²) in [5.74, 6) is 0. The van der Waals surface area contributed by atoms with E-state index in [1.807, 2.05) is 6.07 Å². The number of nitrogens with zero attached hydrogens (tertiary/aromatic N) is 1. The van der Waals surface area contributed by atoms with Crippen molar-refractivity contribution in [3.8, 4) is 0 Å². The van der Waals surface area contributed by atoms with Crippen molar-refractivity contribution in [3.05, 3.63) is 36.4 Å². The van der Waals surface area contributed by atoms with Gasteiger partial charge < -0.3 is 10.6 Å². The van der Waals surface area contributed by atoms with Crippen molar-refractivity contribution in [2.24, 2.45) is 0 Å². The van der Waals surface area contributed by atoms with Crippen molar-refractivity contribution >= 4 is 22.1 Å². The van der Waals surface area contributed by atoms with Crippen LogP contribution in [0.3, 0.4) is 0 Å². The van der Waals surface area contributed by atoms with Crippen LogP contribution in [0.25, 0.3) is 10.8 Å². The molecule has 0 aliphatic carbocycles. The summed E-state index contributed by atoms with van der Waals surface area (Å²) < 4.78 is 0. The largest absolute Gasteiger partial charge is 0.398 e. The molecule has 2 nitrogen and oxygen atoms in total. The van der Waals surface area contributed by atoms with E-state index in [1.54, 1.807) is 0 Å². The molecular weight excluding hydrogens is 292 g/mol. The van der Waals surface area contributed by atoms with Crippen molar-refractivity contribution in [1.82, 2.24) is 0 Å². The van der Waals surface area contributed by atoms with Crippen molar-refractivity contribution in [1.29, 1.82) is 0 Å². The topological polar surface area (TPSA) is 29.3 Å². The molecule has 0 amide bonds. The van der Waals surface area contributed by atoms with E-state index >= 15 is 0 Å². The summed E-state index contributed by atoms with van der Waals surface area (Å²) in [6.45, 7) is 6.85. The van der Waals surface area contributed by atoms with Gasteiger partial charge in [-0.15, -0.1) is 0 Å². The van der Waals surface area contributed by atoms with E-state index in [0.717, 1.165) is 18.8 Å². The van der Waals surface area contributed by atoms with Crippen LogP contribution >= 0.6 is 0 Å². The summed E-state index contributed by atoms with van der Waals surface area (Å²) in [6.07, 6.45) is 10.5. The molecular formula is C22H34N2. The molecule has 0 aliphatic rings. The Hall–Kier alpha value is -1.70. The quantitative estimate of drug-likeness (QED) is 0.383. The van der Waals surface area contributed by atoms with Crippen LogP contribution < -0.4 is 10.6 Å². The second-order valence-corrected chi connectivity index (χ2v) is 6.83. The molecule has 0 saturated heterocycles. The first-order chi connectivity index (χ1) is 11.8. The highest BCUT2D eigenvalue weighted by atomic mass is 15.1. The first-order valence-electron chi connectivity index (χ1n) is 9.80. The molecule has 2 heteroatoms. The van der Waals surface area contributed by atoms with E-state index in [0.29, 0.717) is 0 Å². The maximum absolute atomic E-state index is 6.19. The summed E-state index contributed by atoms with van der Waals surface area (Å²) in [5, 5.41) is 2.48. The number of hydrogen-bond donors (Lipinski definition) is 1. The van der Waals surface area contributed by atoms with Gasteiger partial charge in [-0.1, -0.05) is 76.6 Å². The maximum atomic E-state index is 6.19. The molecule has 0 aliphatic heterocycles. The highest BCUT2D eigenvalue weighted by Crippen LogP contribution is 2.30. The molecule has 2 rings (SSSR count). The fraction of sp³-hybridized carbons (Fsp3) is 0.545. The molecule has 24 heavy (non-hydrogen) atoms. The summed E-state index contributed by atoms with van der Waals surface area (Å²) in [5.41, 5.74) is 8.42. The standard InChI is InChI=1S/C22H34N2/c1-3-5-7-9-17-24(18-10-8-6-4-2)22-16-12-13-19-20(22)14-11-15-21(19)23/h11-16H,3-10,17-18,23H2,1-2H3. The van der Waals surface area contributed by atoms with E-state index in [-0.39, 0.29) is 0 Å². The number of nitrogens with two attached hydrogens (primary N) is 1. The molecule has 0 spiro atoms. The highest BCUT2D eigenvalue weighted by molar-refractivity contribution is 6.00. The average Bonchev–Trinajstić information content (AvgIpc) is 2.60. The molecule has 0 saturated carbocycles. The Morgan fingerprint density at radius 3 is 1.92 bits per heavy atom. The molecule has 0 aromatic heterocycles. The number of nitrogen functional groups attached to an aromatic ring is 1. The lowest BCUT2D eigenvalue weighted by atomic mass is 10.1. The Bertz CT molecular complexity index is 594. The van der Waals surface area contributed by atoms with Gasteiger partial charge in [-0.05, 0) is 25.0 Å². The van der Waals surface area contributed by atoms with Gasteiger partial charge in [0, 0.05) is 35.2 Å². The lowest BCUT2D eigenvalue weighted by molar-refractivity contribution is 0.610. The van der Waals surface area contributed by atoms with Crippen LogP contribution in [0.4, 0.5) is 11.4 Å². The molecule has 0 radical (unpaired) electrons. The number of fused-ring (bicyclic) bond motifs is 1. The second kappa shape index (κ2) is 10.2. The summed E-state index contributed by atoms with van der Waals surface area (Å²) in [4.78, 5) is 2.59. The Labute approximate surface area is 148 Å². The van der Waals surface area contributed by atoms with E-state index in [4.69, 9.17) is 5.73 Å². The van der Waals surface area contributed by atoms with Gasteiger partial charge in [0.1, 0.15) is 0 Å². The average molecular weight is 327 g/mol. The van der Waals surface area contributed by atoms with Gasteiger partial charge in [-0.2, -0.15) is 0 Å². The van der Waals surface area contributed by atoms with Gasteiger partial charge in [0.2, 0.25) is 0 Å². The molecule has 132 valence electrons. The van der Waals surface area contributed by atoms with Gasteiger partial charge in [-0.3, -0.25) is 0 Å². The van der Waals surface area contributed by atoms with Crippen LogP contribution in [0.5, 0.6) is 0 Å². The molecule has 0 heterocycles. The molecule has 0 unspecified atom stereocenters. The summed E-state index contributed by atoms with van der Waals surface area (Å²) >= 11 is 0. The number of anilines is 2. The Kier molecular flexibility index (Phi) is 7.94. The van der Waals surface area contributed by atoms with E-state index in [2.05, 4.69) is 49.1 Å². The SMILES string of the molecule is CCCCCCN(CCCCCC)c1cccc2c(N)cccc12. The minimum Gasteiger partial charge on any atom is -0.398 e. The van der Waals surface area contributed by atoms with E-state index in [9.17, 15) is 0 Å². The van der Waals surface area contributed by atoms with Crippen LogP contribution in [0.2, 0.25) is 0 Å². The Balaban J connectivity index is 2.16. The molecule has 2 N–H and O–H groups in total. The number of rotatable bonds is 11. The zero-order chi connectivity index (χ0) is 17.2. The fourth-order valence-corrected chi connectivity index (χ4v) is 3.41. The Morgan fingerprint density at radius 2 is 1.29 bits per heavy atom. The highest BCUT2D eigenvalue weighted by Gasteiger charge is 2.10. The maximum Gasteiger partial charge on any atom is 0.0446 e. The predicted molar refractivity (Wildman–Crippen MR) is 109 cm³/mol. The first kappa shape index (κ1) is 18.6. The van der Waals surface area contributed by atoms with Crippen LogP contribution in [0.1, 0.15) is 65.2 Å². The normalized spacial score (nSPS) is 11.1. The zero-order valence-electron chi connectivity index (χ0n) is 15.6. The van der Waals surface area contributed by atoms with Gasteiger partial charge >= 0.3 is 0 Å². The third-order valence-electron chi connectivity index (χ3n) is 4.84. The van der Waals surface area contributed by atoms with Crippen LogP contribution in [0.15, 0.2) is 36.4 Å². The molecule has 0 fully saturated rings. The van der Waals surface area contributed by atoms with Crippen molar-refractivity contribution in [2.75, 3.05) is 23.7 Å². The van der Waals surface area contributed by atoms with E-state index < -0.39 is 0 Å². The zero-order valence-corrected chi connectivity index (χ0v) is 15.6. The van der Waals surface area contributed by atoms with Gasteiger partial charge in [0.15, 0.2) is 0 Å². The summed E-state index contributed by atoms with van der Waals surface area (Å²) in [7, 11) is 0. The van der Waals surface area contributed by atoms with Crippen LogP contribution in [-0.2, 0) is 0 Å². The van der Waals surface area contributed by atoms with Crippen molar-refractivity contribution in [3.63, 3.8) is 0 Å². The van der Waals surface area contributed by atoms with Crippen LogP contribution in [0, 0.1) is 0 Å². The number of benzene rings is 2. The third-order valence-corrected chi connectivity index (χ3v) is 4.84. The fourth-order valence-electron chi connectivity index (χ4n) is 3.41. The molecule has 0 bridgehead atoms. The van der Waals surface area contributed by atoms with Crippen molar-refractivity contribution in [2.45, 2.75) is 65.2 Å². The number of unbranched alkanes of at least 4 members (excludes halogenated alkanes) is 6. The monoisotopic (exact) mass is 326 g/mol. The first-order valence-corrected chi connectivity index (χ1v) is 9.80. The smallest absolute Gasteiger partial charge is 0.0446 e. The van der Waals surface area contributed by atoms with Gasteiger partial charge in [-0.25, -0.2) is 0 Å². The van der Waals surface area contributed by atoms with Crippen LogP contribution in [-0.4, -0.2) is 13.1 Å². The van der Waals surface area contributed by atoms with E-state index in [1.165, 1.54) is 67.8 Å². The van der Waals surface area contributed by atoms with Crippen molar-refractivity contribution < 1.29 is 0 Å². The summed E-state index contributed by atoms with van der Waals surface area (Å²) in [6, 6.07) is 12.8. The Morgan fingerprint density at radius 1 is 0.708 bits per heavy atom. The van der Waals surface area contributed by atoms with Gasteiger partial charge in [0.25, 0.3) is 0 Å². The predicted octanol–water partition coefficient (Wildman–Crippen LogP) is 6.39. The molecule has 0 atom stereocenters. The molecule has 2 aromatic carbocycles. The third kappa shape index (κ3) is 5.15. The minimum absolute atomic E-state index is 0.881. The lowest BCUT2D eigenvalue weighted by Gasteiger charge is -2.27. The minimum atomic E-state index is 0.881. The van der Waals surface area contributed by atoms with Gasteiger partial charge in [0.05, 0.1) is 0 Å².